The van der Waals surface area contributed by atoms with Gasteiger partial charge in [-0.05, 0) is 14.1 Å². The number of esters is 1. The summed E-state index contributed by atoms with van der Waals surface area (Å²) in [6, 6.07) is 1.62. The van der Waals surface area contributed by atoms with Gasteiger partial charge in [0.05, 0.1) is 13.3 Å². The summed E-state index contributed by atoms with van der Waals surface area (Å²) in [4.78, 5) is 15.9. The molecule has 0 aliphatic carbocycles. The Hall–Kier alpha value is -1.86. The highest BCUT2D eigenvalue weighted by Crippen LogP contribution is 2.22. The number of rotatable bonds is 9. The predicted octanol–water partition coefficient (Wildman–Crippen LogP) is 0.0646. The smallest absolute Gasteiger partial charge is 0.360 e. The highest BCUT2D eigenvalue weighted by molar-refractivity contribution is 5.90. The molecule has 0 saturated heterocycles. The van der Waals surface area contributed by atoms with Gasteiger partial charge in [0.1, 0.15) is 19.0 Å². The molecule has 0 bridgehead atoms. The molecular formula is C13H21N3O4. The second kappa shape index (κ2) is 9.11. The number of aromatic nitrogens is 1. The molecule has 1 aromatic heterocycles. The Labute approximate surface area is 118 Å². The van der Waals surface area contributed by atoms with Crippen LogP contribution in [-0.4, -0.2) is 58.5 Å². The minimum Gasteiger partial charge on any atom is -0.494 e. The molecule has 0 atom stereocenters. The zero-order valence-electron chi connectivity index (χ0n) is 12.1. The zero-order chi connectivity index (χ0) is 14.8. The van der Waals surface area contributed by atoms with E-state index in [1.807, 2.05) is 7.05 Å². The van der Waals surface area contributed by atoms with Crippen LogP contribution >= 0.6 is 0 Å². The molecule has 0 fully saturated rings. The molecule has 0 amide bonds. The first-order chi connectivity index (χ1) is 9.72. The molecule has 7 heteroatoms. The molecule has 0 unspecified atom stereocenters. The van der Waals surface area contributed by atoms with E-state index in [-0.39, 0.29) is 12.3 Å². The Balaban J connectivity index is 2.69. The number of likely N-dealkylation sites (N-methyl/N-ethyl adjacent to an activating group) is 2. The summed E-state index contributed by atoms with van der Waals surface area (Å²) < 4.78 is 15.7. The van der Waals surface area contributed by atoms with E-state index >= 15 is 0 Å². The van der Waals surface area contributed by atoms with E-state index < -0.39 is 5.97 Å². The number of hydrogen-bond acceptors (Lipinski definition) is 7. The minimum atomic E-state index is -0.515. The molecule has 0 radical (unpaired) electrons. The predicted molar refractivity (Wildman–Crippen MR) is 74.4 cm³/mol. The minimum absolute atomic E-state index is 0.143. The summed E-state index contributed by atoms with van der Waals surface area (Å²) in [5, 5.41) is 5.85. The third-order valence-electron chi connectivity index (χ3n) is 2.45. The number of hydrogen-bond donors (Lipinski definition) is 2. The maximum Gasteiger partial charge on any atom is 0.360 e. The quantitative estimate of drug-likeness (QED) is 0.490. The molecular weight excluding hydrogens is 262 g/mol. The fourth-order valence-electron chi connectivity index (χ4n) is 1.40. The average molecular weight is 283 g/mol. The van der Waals surface area contributed by atoms with Crippen LogP contribution in [0.25, 0.3) is 0 Å². The van der Waals surface area contributed by atoms with E-state index in [1.165, 1.54) is 13.3 Å². The van der Waals surface area contributed by atoms with Gasteiger partial charge in [0, 0.05) is 19.2 Å². The summed E-state index contributed by atoms with van der Waals surface area (Å²) in [5.74, 6) is 0.365. The van der Waals surface area contributed by atoms with Gasteiger partial charge < -0.3 is 24.8 Å². The Morgan fingerprint density at radius 3 is 2.60 bits per heavy atom. The summed E-state index contributed by atoms with van der Waals surface area (Å²) >= 11 is 0. The molecule has 2 N–H and O–H groups in total. The Bertz CT molecular complexity index is 426. The van der Waals surface area contributed by atoms with Crippen LogP contribution in [-0.2, 0) is 4.74 Å². The standard InChI is InChI=1S/C13H21N3O4/c1-14-4-6-19-10-8-11(18-3)12(16-9-10)13(17)20-7-5-15-2/h8-9,14-15H,4-7H2,1-3H3. The van der Waals surface area contributed by atoms with Crippen molar-refractivity contribution in [3.05, 3.63) is 18.0 Å². The number of carbonyl (C=O) groups is 1. The number of methoxy groups -OCH3 is 1. The molecule has 112 valence electrons. The molecule has 0 aliphatic heterocycles. The van der Waals surface area contributed by atoms with Crippen LogP contribution in [0.1, 0.15) is 10.5 Å². The van der Waals surface area contributed by atoms with Gasteiger partial charge in [-0.2, -0.15) is 0 Å². The van der Waals surface area contributed by atoms with E-state index in [0.29, 0.717) is 24.7 Å². The molecule has 1 heterocycles. The third kappa shape index (κ3) is 5.02. The topological polar surface area (TPSA) is 81.7 Å². The maximum atomic E-state index is 11.8. The lowest BCUT2D eigenvalue weighted by Crippen LogP contribution is -2.18. The Morgan fingerprint density at radius 2 is 1.95 bits per heavy atom. The van der Waals surface area contributed by atoms with Crippen molar-refractivity contribution in [3.8, 4) is 11.5 Å². The lowest BCUT2D eigenvalue weighted by atomic mass is 10.3. The van der Waals surface area contributed by atoms with Crippen molar-refractivity contribution < 1.29 is 19.0 Å². The van der Waals surface area contributed by atoms with Crippen LogP contribution in [0.5, 0.6) is 11.5 Å². The van der Waals surface area contributed by atoms with Crippen molar-refractivity contribution in [2.24, 2.45) is 0 Å². The lowest BCUT2D eigenvalue weighted by molar-refractivity contribution is 0.0499. The SMILES string of the molecule is CNCCOC(=O)c1ncc(OCCNC)cc1OC. The first kappa shape index (κ1) is 16.2. The summed E-state index contributed by atoms with van der Waals surface area (Å²) in [6.45, 7) is 2.09. The van der Waals surface area contributed by atoms with Crippen LogP contribution in [0.2, 0.25) is 0 Å². The fraction of sp³-hybridized carbons (Fsp3) is 0.538. The van der Waals surface area contributed by atoms with Crippen molar-refractivity contribution >= 4 is 5.97 Å². The van der Waals surface area contributed by atoms with Gasteiger partial charge in [0.25, 0.3) is 0 Å². The van der Waals surface area contributed by atoms with Gasteiger partial charge in [-0.1, -0.05) is 0 Å². The van der Waals surface area contributed by atoms with E-state index in [2.05, 4.69) is 15.6 Å². The van der Waals surface area contributed by atoms with Crippen LogP contribution in [0.3, 0.4) is 0 Å². The van der Waals surface area contributed by atoms with Crippen molar-refractivity contribution in [2.75, 3.05) is 47.5 Å². The number of nitrogens with one attached hydrogen (secondary N) is 2. The van der Waals surface area contributed by atoms with Gasteiger partial charge in [0.15, 0.2) is 11.4 Å². The van der Waals surface area contributed by atoms with Crippen molar-refractivity contribution in [3.63, 3.8) is 0 Å². The van der Waals surface area contributed by atoms with Crippen LogP contribution in [0.15, 0.2) is 12.3 Å². The monoisotopic (exact) mass is 283 g/mol. The normalized spacial score (nSPS) is 10.2. The second-order valence-corrected chi connectivity index (χ2v) is 3.91. The number of nitrogens with zero attached hydrogens (tertiary/aromatic N) is 1. The van der Waals surface area contributed by atoms with Gasteiger partial charge in [-0.3, -0.25) is 0 Å². The zero-order valence-corrected chi connectivity index (χ0v) is 12.1. The maximum absolute atomic E-state index is 11.8. The molecule has 0 saturated carbocycles. The first-order valence-corrected chi connectivity index (χ1v) is 6.36. The highest BCUT2D eigenvalue weighted by Gasteiger charge is 2.16. The molecule has 7 nitrogen and oxygen atoms in total. The number of pyridine rings is 1. The summed E-state index contributed by atoms with van der Waals surface area (Å²) in [5.41, 5.74) is 0.143. The van der Waals surface area contributed by atoms with Gasteiger partial charge >= 0.3 is 5.97 Å². The molecule has 0 aromatic carbocycles. The lowest BCUT2D eigenvalue weighted by Gasteiger charge is -2.10. The number of carbonyl (C=O) groups excluding carboxylic acids is 1. The second-order valence-electron chi connectivity index (χ2n) is 3.91. The Kier molecular flexibility index (Phi) is 7.38. The van der Waals surface area contributed by atoms with Crippen LogP contribution < -0.4 is 20.1 Å². The summed E-state index contributed by atoms with van der Waals surface area (Å²) in [6.07, 6.45) is 1.48. The molecule has 0 aliphatic rings. The van der Waals surface area contributed by atoms with E-state index in [4.69, 9.17) is 14.2 Å². The fourth-order valence-corrected chi connectivity index (χ4v) is 1.40. The third-order valence-corrected chi connectivity index (χ3v) is 2.45. The molecule has 1 aromatic rings. The highest BCUT2D eigenvalue weighted by atomic mass is 16.5. The molecule has 20 heavy (non-hydrogen) atoms. The summed E-state index contributed by atoms with van der Waals surface area (Å²) in [7, 11) is 5.09. The molecule has 0 spiro atoms. The van der Waals surface area contributed by atoms with E-state index in [1.54, 1.807) is 13.1 Å². The largest absolute Gasteiger partial charge is 0.494 e. The van der Waals surface area contributed by atoms with Crippen molar-refractivity contribution in [1.29, 1.82) is 0 Å². The van der Waals surface area contributed by atoms with Crippen LogP contribution in [0, 0.1) is 0 Å². The first-order valence-electron chi connectivity index (χ1n) is 6.36. The van der Waals surface area contributed by atoms with Crippen LogP contribution in [0.4, 0.5) is 0 Å². The van der Waals surface area contributed by atoms with Gasteiger partial charge in [-0.25, -0.2) is 9.78 Å². The van der Waals surface area contributed by atoms with E-state index in [0.717, 1.165) is 6.54 Å². The van der Waals surface area contributed by atoms with Crippen molar-refractivity contribution in [2.45, 2.75) is 0 Å². The van der Waals surface area contributed by atoms with Gasteiger partial charge in [-0.15, -0.1) is 0 Å². The molecule has 1 rings (SSSR count). The van der Waals surface area contributed by atoms with Gasteiger partial charge in [0.2, 0.25) is 0 Å². The number of ether oxygens (including phenoxy) is 3. The van der Waals surface area contributed by atoms with Crippen molar-refractivity contribution in [1.82, 2.24) is 15.6 Å². The average Bonchev–Trinajstić information content (AvgIpc) is 2.47. The Morgan fingerprint density at radius 1 is 1.25 bits per heavy atom. The van der Waals surface area contributed by atoms with E-state index in [9.17, 15) is 4.79 Å².